The lowest BCUT2D eigenvalue weighted by atomic mass is 9.91. The van der Waals surface area contributed by atoms with E-state index in [0.717, 1.165) is 31.0 Å². The van der Waals surface area contributed by atoms with Gasteiger partial charge in [-0.3, -0.25) is 9.88 Å². The number of carbonyl (C=O) groups excluding carboxylic acids is 1. The number of benzene rings is 1. The Balaban J connectivity index is 1.20. The Morgan fingerprint density at radius 3 is 2.45 bits per heavy atom. The van der Waals surface area contributed by atoms with Crippen LogP contribution in [0.5, 0.6) is 0 Å². The number of hydrogen-bond donors (Lipinski definition) is 2. The molecule has 29 heavy (non-hydrogen) atoms. The summed E-state index contributed by atoms with van der Waals surface area (Å²) in [6.45, 7) is 4.63. The average molecular weight is 415 g/mol. The summed E-state index contributed by atoms with van der Waals surface area (Å²) in [4.78, 5) is 18.5. The molecule has 1 aliphatic rings. The summed E-state index contributed by atoms with van der Waals surface area (Å²) in [6, 6.07) is 11.6. The third kappa shape index (κ3) is 8.03. The number of hydrogen-bond acceptors (Lipinski definition) is 3. The monoisotopic (exact) mass is 414 g/mol. The molecule has 3 rings (SSSR count). The van der Waals surface area contributed by atoms with Gasteiger partial charge in [0.2, 0.25) is 0 Å². The number of pyridine rings is 1. The summed E-state index contributed by atoms with van der Waals surface area (Å²) < 4.78 is 0. The second-order valence-corrected chi connectivity index (χ2v) is 8.24. The molecule has 156 valence electrons. The molecule has 0 saturated carbocycles. The van der Waals surface area contributed by atoms with Crippen molar-refractivity contribution in [3.63, 3.8) is 0 Å². The van der Waals surface area contributed by atoms with Crippen LogP contribution in [-0.2, 0) is 13.1 Å². The van der Waals surface area contributed by atoms with E-state index in [1.807, 2.05) is 36.7 Å². The lowest BCUT2D eigenvalue weighted by Crippen LogP contribution is -2.35. The molecule has 6 heteroatoms. The number of likely N-dealkylation sites (tertiary alicyclic amines) is 1. The third-order valence-electron chi connectivity index (χ3n) is 5.55. The molecule has 2 N–H and O–H groups in total. The Morgan fingerprint density at radius 1 is 1.00 bits per heavy atom. The number of unbranched alkanes of at least 4 members (excludes halogenated alkanes) is 1. The highest BCUT2D eigenvalue weighted by Gasteiger charge is 2.18. The molecule has 1 saturated heterocycles. The predicted octanol–water partition coefficient (Wildman–Crippen LogP) is 4.62. The van der Waals surface area contributed by atoms with E-state index in [4.69, 9.17) is 11.6 Å². The molecule has 0 radical (unpaired) electrons. The lowest BCUT2D eigenvalue weighted by molar-refractivity contribution is 0.170. The number of rotatable bonds is 9. The predicted molar refractivity (Wildman–Crippen MR) is 118 cm³/mol. The van der Waals surface area contributed by atoms with Crippen molar-refractivity contribution in [2.45, 2.75) is 45.2 Å². The summed E-state index contributed by atoms with van der Waals surface area (Å²) in [6.07, 6.45) is 9.76. The number of carbonyl (C=O) groups is 1. The SMILES string of the molecule is O=C(NCCCCC1CCN(Cc2ccncc2)CC1)NCc1ccc(Cl)cc1. The molecule has 1 fully saturated rings. The minimum Gasteiger partial charge on any atom is -0.338 e. The summed E-state index contributed by atoms with van der Waals surface area (Å²) in [5.74, 6) is 0.822. The van der Waals surface area contributed by atoms with Gasteiger partial charge in [-0.2, -0.15) is 0 Å². The number of urea groups is 1. The van der Waals surface area contributed by atoms with Crippen LogP contribution in [0.3, 0.4) is 0 Å². The molecule has 2 heterocycles. The van der Waals surface area contributed by atoms with Crippen LogP contribution in [0.1, 0.15) is 43.2 Å². The summed E-state index contributed by atoms with van der Waals surface area (Å²) in [5.41, 5.74) is 2.39. The zero-order valence-corrected chi connectivity index (χ0v) is 17.7. The van der Waals surface area contributed by atoms with Crippen molar-refractivity contribution in [2.75, 3.05) is 19.6 Å². The van der Waals surface area contributed by atoms with E-state index in [-0.39, 0.29) is 6.03 Å². The Labute approximate surface area is 178 Å². The van der Waals surface area contributed by atoms with Crippen LogP contribution in [0.25, 0.3) is 0 Å². The van der Waals surface area contributed by atoms with Crippen LogP contribution in [0, 0.1) is 5.92 Å². The second-order valence-electron chi connectivity index (χ2n) is 7.81. The van der Waals surface area contributed by atoms with Gasteiger partial charge in [-0.15, -0.1) is 0 Å². The maximum absolute atomic E-state index is 11.9. The minimum atomic E-state index is -0.107. The highest BCUT2D eigenvalue weighted by atomic mass is 35.5. The maximum Gasteiger partial charge on any atom is 0.315 e. The first-order valence-electron chi connectivity index (χ1n) is 10.6. The quantitative estimate of drug-likeness (QED) is 0.589. The van der Waals surface area contributed by atoms with Crippen molar-refractivity contribution >= 4 is 17.6 Å². The Bertz CT molecular complexity index is 730. The third-order valence-corrected chi connectivity index (χ3v) is 5.81. The van der Waals surface area contributed by atoms with E-state index in [1.54, 1.807) is 0 Å². The van der Waals surface area contributed by atoms with Crippen LogP contribution in [0.15, 0.2) is 48.8 Å². The van der Waals surface area contributed by atoms with Crippen LogP contribution >= 0.6 is 11.6 Å². The minimum absolute atomic E-state index is 0.107. The lowest BCUT2D eigenvalue weighted by Gasteiger charge is -2.32. The van der Waals surface area contributed by atoms with Gasteiger partial charge < -0.3 is 10.6 Å². The van der Waals surface area contributed by atoms with Crippen molar-refractivity contribution < 1.29 is 4.79 Å². The van der Waals surface area contributed by atoms with Crippen molar-refractivity contribution in [2.24, 2.45) is 5.92 Å². The van der Waals surface area contributed by atoms with Gasteiger partial charge in [0.05, 0.1) is 0 Å². The fraction of sp³-hybridized carbons (Fsp3) is 0.478. The van der Waals surface area contributed by atoms with E-state index in [0.29, 0.717) is 11.6 Å². The van der Waals surface area contributed by atoms with Crippen LogP contribution < -0.4 is 10.6 Å². The number of aromatic nitrogens is 1. The molecular weight excluding hydrogens is 384 g/mol. The Kier molecular flexibility index (Phi) is 8.78. The largest absolute Gasteiger partial charge is 0.338 e. The Hall–Kier alpha value is -2.11. The smallest absolute Gasteiger partial charge is 0.315 e. The number of nitrogens with zero attached hydrogens (tertiary/aromatic N) is 2. The molecule has 1 aromatic carbocycles. The molecule has 0 aliphatic carbocycles. The topological polar surface area (TPSA) is 57.3 Å². The van der Waals surface area contributed by atoms with Gasteiger partial charge in [-0.25, -0.2) is 4.79 Å². The summed E-state index contributed by atoms with van der Waals surface area (Å²) >= 11 is 5.86. The van der Waals surface area contributed by atoms with E-state index in [9.17, 15) is 4.79 Å². The van der Waals surface area contributed by atoms with Gasteiger partial charge in [0, 0.05) is 37.1 Å². The first kappa shape index (κ1) is 21.6. The van der Waals surface area contributed by atoms with E-state index < -0.39 is 0 Å². The van der Waals surface area contributed by atoms with Gasteiger partial charge in [0.1, 0.15) is 0 Å². The molecule has 5 nitrogen and oxygen atoms in total. The fourth-order valence-corrected chi connectivity index (χ4v) is 3.91. The van der Waals surface area contributed by atoms with Gasteiger partial charge in [0.25, 0.3) is 0 Å². The number of amides is 2. The normalized spacial score (nSPS) is 15.2. The highest BCUT2D eigenvalue weighted by molar-refractivity contribution is 6.30. The second kappa shape index (κ2) is 11.8. The molecule has 2 aromatic rings. The van der Waals surface area contributed by atoms with Crippen molar-refractivity contribution in [1.82, 2.24) is 20.5 Å². The fourth-order valence-electron chi connectivity index (χ4n) is 3.79. The standard InChI is InChI=1S/C23H31ClN4O/c24-22-6-4-20(5-7-22)17-27-23(29)26-12-2-1-3-19-10-15-28(16-11-19)18-21-8-13-25-14-9-21/h4-9,13-14,19H,1-3,10-12,15-18H2,(H2,26,27,29). The van der Waals surface area contributed by atoms with Crippen LogP contribution in [0.4, 0.5) is 4.79 Å². The Morgan fingerprint density at radius 2 is 1.72 bits per heavy atom. The van der Waals surface area contributed by atoms with Crippen LogP contribution in [-0.4, -0.2) is 35.5 Å². The van der Waals surface area contributed by atoms with Gasteiger partial charge in [-0.1, -0.05) is 36.6 Å². The van der Waals surface area contributed by atoms with Crippen molar-refractivity contribution in [1.29, 1.82) is 0 Å². The van der Waals surface area contributed by atoms with E-state index in [1.165, 1.54) is 44.3 Å². The average Bonchev–Trinajstić information content (AvgIpc) is 2.75. The van der Waals surface area contributed by atoms with Gasteiger partial charge in [0.15, 0.2) is 0 Å². The number of halogens is 1. The zero-order chi connectivity index (χ0) is 20.3. The van der Waals surface area contributed by atoms with E-state index >= 15 is 0 Å². The van der Waals surface area contributed by atoms with Crippen molar-refractivity contribution in [3.05, 3.63) is 64.9 Å². The molecular formula is C23H31ClN4O. The summed E-state index contributed by atoms with van der Waals surface area (Å²) in [7, 11) is 0. The molecule has 2 amide bonds. The molecule has 0 spiro atoms. The molecule has 1 aliphatic heterocycles. The van der Waals surface area contributed by atoms with Crippen LogP contribution in [0.2, 0.25) is 5.02 Å². The number of piperidine rings is 1. The van der Waals surface area contributed by atoms with Gasteiger partial charge in [-0.05, 0) is 73.7 Å². The first-order chi connectivity index (χ1) is 14.2. The molecule has 1 aromatic heterocycles. The van der Waals surface area contributed by atoms with E-state index in [2.05, 4.69) is 32.7 Å². The zero-order valence-electron chi connectivity index (χ0n) is 16.9. The maximum atomic E-state index is 11.9. The highest BCUT2D eigenvalue weighted by Crippen LogP contribution is 2.23. The first-order valence-corrected chi connectivity index (χ1v) is 10.9. The number of nitrogens with one attached hydrogen (secondary N) is 2. The van der Waals surface area contributed by atoms with Gasteiger partial charge >= 0.3 is 6.03 Å². The van der Waals surface area contributed by atoms with Crippen molar-refractivity contribution in [3.8, 4) is 0 Å². The molecule has 0 bridgehead atoms. The molecule has 0 unspecified atom stereocenters. The summed E-state index contributed by atoms with van der Waals surface area (Å²) in [5, 5.41) is 6.53. The molecule has 0 atom stereocenters.